The molecule has 8 heteroatoms. The molecule has 1 atom stereocenters. The second kappa shape index (κ2) is 8.50. The van der Waals surface area contributed by atoms with Crippen molar-refractivity contribution in [3.63, 3.8) is 0 Å². The van der Waals surface area contributed by atoms with Crippen LogP contribution >= 0.6 is 11.9 Å². The molecule has 0 aliphatic carbocycles. The fourth-order valence-electron chi connectivity index (χ4n) is 3.14. The third kappa shape index (κ3) is 4.18. The highest BCUT2D eigenvalue weighted by molar-refractivity contribution is 7.98. The molecule has 2 aromatic carbocycles. The van der Waals surface area contributed by atoms with Crippen LogP contribution < -0.4 is 20.5 Å². The third-order valence-electron chi connectivity index (χ3n) is 4.70. The Morgan fingerprint density at radius 1 is 1.21 bits per heavy atom. The highest BCUT2D eigenvalue weighted by Gasteiger charge is 2.21. The number of aromatic nitrogens is 2. The Labute approximate surface area is 174 Å². The van der Waals surface area contributed by atoms with Crippen molar-refractivity contribution in [3.05, 3.63) is 71.9 Å². The van der Waals surface area contributed by atoms with Crippen molar-refractivity contribution in [2.45, 2.75) is 24.8 Å². The number of carbonyl (C=O) groups is 1. The number of carbonyl (C=O) groups excluding carboxylic acids is 1. The van der Waals surface area contributed by atoms with Gasteiger partial charge in [-0.25, -0.2) is 4.98 Å². The van der Waals surface area contributed by atoms with Gasteiger partial charge in [0.1, 0.15) is 5.82 Å². The summed E-state index contributed by atoms with van der Waals surface area (Å²) in [7, 11) is 0. The Morgan fingerprint density at radius 3 is 2.83 bits per heavy atom. The zero-order valence-electron chi connectivity index (χ0n) is 16.2. The van der Waals surface area contributed by atoms with E-state index in [1.165, 1.54) is 11.9 Å². The fourth-order valence-corrected chi connectivity index (χ4v) is 3.77. The Morgan fingerprint density at radius 2 is 2.03 bits per heavy atom. The predicted octanol–water partition coefficient (Wildman–Crippen LogP) is 4.25. The summed E-state index contributed by atoms with van der Waals surface area (Å²) in [6.07, 6.45) is 1.67. The van der Waals surface area contributed by atoms with Gasteiger partial charge < -0.3 is 10.7 Å². The van der Waals surface area contributed by atoms with Gasteiger partial charge in [0, 0.05) is 23.2 Å². The minimum atomic E-state index is -0.102. The Hall–Kier alpha value is -3.10. The first-order valence-electron chi connectivity index (χ1n) is 9.44. The molecule has 3 aromatic rings. The lowest BCUT2D eigenvalue weighted by Gasteiger charge is -2.21. The maximum atomic E-state index is 13.1. The van der Waals surface area contributed by atoms with Gasteiger partial charge in [-0.2, -0.15) is 9.82 Å². The van der Waals surface area contributed by atoms with Crippen molar-refractivity contribution < 1.29 is 4.79 Å². The van der Waals surface area contributed by atoms with Crippen LogP contribution in [0.5, 0.6) is 0 Å². The van der Waals surface area contributed by atoms with E-state index in [0.29, 0.717) is 23.9 Å². The molecular formula is C21H22N6OS. The van der Waals surface area contributed by atoms with E-state index < -0.39 is 0 Å². The SMILES string of the molecule is CCN(C(=O)c1ccc2c(c1)NNS2)c1ccnc(N[C@@H](C)c2ccccc2)n1. The summed E-state index contributed by atoms with van der Waals surface area (Å²) in [6.45, 7) is 4.49. The van der Waals surface area contributed by atoms with E-state index in [9.17, 15) is 4.79 Å². The van der Waals surface area contributed by atoms with Crippen molar-refractivity contribution in [2.24, 2.45) is 0 Å². The molecule has 0 saturated carbocycles. The van der Waals surface area contributed by atoms with E-state index in [4.69, 9.17) is 0 Å². The number of benzene rings is 2. The molecule has 1 aliphatic rings. The number of amides is 1. The van der Waals surface area contributed by atoms with Crippen LogP contribution in [0.1, 0.15) is 35.8 Å². The lowest BCUT2D eigenvalue weighted by atomic mass is 10.1. The summed E-state index contributed by atoms with van der Waals surface area (Å²) < 4.78 is 0. The molecule has 2 heterocycles. The topological polar surface area (TPSA) is 82.2 Å². The number of anilines is 3. The highest BCUT2D eigenvalue weighted by Crippen LogP contribution is 2.31. The van der Waals surface area contributed by atoms with Gasteiger partial charge in [0.05, 0.1) is 11.7 Å². The number of fused-ring (bicyclic) bond motifs is 1. The largest absolute Gasteiger partial charge is 0.348 e. The van der Waals surface area contributed by atoms with Crippen molar-refractivity contribution >= 4 is 35.3 Å². The molecule has 0 fully saturated rings. The standard InChI is InChI=1S/C21H22N6OS/c1-3-27(20(28)16-9-10-18-17(13-16)25-26-29-18)19-11-12-22-21(24-19)23-14(2)15-7-5-4-6-8-15/h4-14,25-26H,3H2,1-2H3,(H,22,23,24)/t14-/m0/s1. The van der Waals surface area contributed by atoms with Gasteiger partial charge in [0.2, 0.25) is 5.95 Å². The first-order valence-corrected chi connectivity index (χ1v) is 10.3. The van der Waals surface area contributed by atoms with E-state index in [0.717, 1.165) is 16.1 Å². The number of hydrogen-bond acceptors (Lipinski definition) is 7. The quantitative estimate of drug-likeness (QED) is 0.528. The van der Waals surface area contributed by atoms with Gasteiger partial charge >= 0.3 is 0 Å². The second-order valence-electron chi connectivity index (χ2n) is 6.60. The van der Waals surface area contributed by atoms with Crippen LogP contribution in [0.3, 0.4) is 0 Å². The van der Waals surface area contributed by atoms with Gasteiger partial charge in [0.15, 0.2) is 0 Å². The zero-order valence-corrected chi connectivity index (χ0v) is 17.0. The molecule has 4 rings (SSSR count). The number of nitrogens with one attached hydrogen (secondary N) is 3. The minimum Gasteiger partial charge on any atom is -0.348 e. The van der Waals surface area contributed by atoms with E-state index in [1.54, 1.807) is 17.2 Å². The maximum Gasteiger partial charge on any atom is 0.259 e. The average Bonchev–Trinajstić information content (AvgIpc) is 3.23. The Kier molecular flexibility index (Phi) is 5.64. The number of hydrazine groups is 1. The van der Waals surface area contributed by atoms with E-state index in [1.807, 2.05) is 43.3 Å². The first-order chi connectivity index (χ1) is 14.2. The number of nitrogens with zero attached hydrogens (tertiary/aromatic N) is 3. The summed E-state index contributed by atoms with van der Waals surface area (Å²) in [5.41, 5.74) is 5.69. The summed E-state index contributed by atoms with van der Waals surface area (Å²) in [4.78, 5) is 27.7. The molecule has 0 radical (unpaired) electrons. The van der Waals surface area contributed by atoms with Crippen LogP contribution in [0, 0.1) is 0 Å². The van der Waals surface area contributed by atoms with Crippen LogP contribution in [-0.2, 0) is 0 Å². The van der Waals surface area contributed by atoms with Gasteiger partial charge in [-0.15, -0.1) is 0 Å². The van der Waals surface area contributed by atoms with Crippen LogP contribution in [0.25, 0.3) is 0 Å². The minimum absolute atomic E-state index is 0.0463. The molecule has 7 nitrogen and oxygen atoms in total. The van der Waals surface area contributed by atoms with Crippen LogP contribution in [-0.4, -0.2) is 22.4 Å². The van der Waals surface area contributed by atoms with Gasteiger partial charge in [0.25, 0.3) is 5.91 Å². The molecular weight excluding hydrogens is 384 g/mol. The monoisotopic (exact) mass is 406 g/mol. The Balaban J connectivity index is 1.54. The predicted molar refractivity (Wildman–Crippen MR) is 117 cm³/mol. The first kappa shape index (κ1) is 19.2. The van der Waals surface area contributed by atoms with Gasteiger partial charge in [-0.1, -0.05) is 30.3 Å². The molecule has 0 spiro atoms. The lowest BCUT2D eigenvalue weighted by Crippen LogP contribution is -2.31. The number of hydrogen-bond donors (Lipinski definition) is 3. The summed E-state index contributed by atoms with van der Waals surface area (Å²) >= 11 is 1.49. The van der Waals surface area contributed by atoms with E-state index >= 15 is 0 Å². The molecule has 0 bridgehead atoms. The van der Waals surface area contributed by atoms with Crippen molar-refractivity contribution in [1.29, 1.82) is 0 Å². The van der Waals surface area contributed by atoms with Crippen molar-refractivity contribution in [1.82, 2.24) is 14.8 Å². The van der Waals surface area contributed by atoms with Crippen LogP contribution in [0.15, 0.2) is 65.7 Å². The van der Waals surface area contributed by atoms with Crippen LogP contribution in [0.2, 0.25) is 0 Å². The van der Waals surface area contributed by atoms with Gasteiger partial charge in [-0.05, 0) is 55.6 Å². The summed E-state index contributed by atoms with van der Waals surface area (Å²) in [5.74, 6) is 0.951. The van der Waals surface area contributed by atoms with Crippen LogP contribution in [0.4, 0.5) is 17.5 Å². The molecule has 1 amide bonds. The van der Waals surface area contributed by atoms with Crippen molar-refractivity contribution in [2.75, 3.05) is 22.2 Å². The van der Waals surface area contributed by atoms with E-state index in [2.05, 4.69) is 44.6 Å². The fraction of sp³-hybridized carbons (Fsp3) is 0.190. The molecule has 29 heavy (non-hydrogen) atoms. The van der Waals surface area contributed by atoms with Gasteiger partial charge in [-0.3, -0.25) is 9.69 Å². The normalized spacial score (nSPS) is 13.3. The molecule has 3 N–H and O–H groups in total. The number of rotatable bonds is 6. The average molecular weight is 407 g/mol. The maximum absolute atomic E-state index is 13.1. The second-order valence-corrected chi connectivity index (χ2v) is 7.45. The summed E-state index contributed by atoms with van der Waals surface area (Å²) in [5, 5.41) is 3.31. The Bertz CT molecular complexity index is 1010. The molecule has 0 saturated heterocycles. The molecule has 0 unspecified atom stereocenters. The molecule has 1 aromatic heterocycles. The zero-order chi connectivity index (χ0) is 20.2. The van der Waals surface area contributed by atoms with Crippen molar-refractivity contribution in [3.8, 4) is 0 Å². The molecule has 1 aliphatic heterocycles. The lowest BCUT2D eigenvalue weighted by molar-refractivity contribution is 0.0987. The smallest absolute Gasteiger partial charge is 0.259 e. The third-order valence-corrected chi connectivity index (χ3v) is 5.48. The van der Waals surface area contributed by atoms with E-state index in [-0.39, 0.29) is 11.9 Å². The molecule has 148 valence electrons. The highest BCUT2D eigenvalue weighted by atomic mass is 32.2. The summed E-state index contributed by atoms with van der Waals surface area (Å²) in [6, 6.07) is 17.5.